The van der Waals surface area contributed by atoms with Crippen LogP contribution in [0.2, 0.25) is 0 Å². The average Bonchev–Trinajstić information content (AvgIpc) is 2.84. The third-order valence-corrected chi connectivity index (χ3v) is 5.11. The summed E-state index contributed by atoms with van der Waals surface area (Å²) >= 11 is 0. The maximum Gasteiger partial charge on any atom is 0.261 e. The van der Waals surface area contributed by atoms with E-state index in [9.17, 15) is 14.4 Å². The van der Waals surface area contributed by atoms with Gasteiger partial charge in [-0.05, 0) is 45.2 Å². The van der Waals surface area contributed by atoms with E-state index in [0.717, 1.165) is 12.8 Å². The molecule has 3 rings (SSSR count). The smallest absolute Gasteiger partial charge is 0.261 e. The van der Waals surface area contributed by atoms with Gasteiger partial charge in [-0.3, -0.25) is 24.7 Å². The van der Waals surface area contributed by atoms with Crippen molar-refractivity contribution in [2.45, 2.75) is 58.0 Å². The standard InChI is InChI=1S/C19H25N3O3/c1-13-7-5-8-14(2)22(13)20-17(23)11-6-12-21-18(24)15-9-3-4-10-16(15)19(21)25/h3-4,9-10,13-14H,5-8,11-12H2,1-2H3,(H,20,23)/t13-,14-/m1/s1. The minimum Gasteiger partial charge on any atom is -0.288 e. The van der Waals surface area contributed by atoms with Crippen LogP contribution in [-0.2, 0) is 4.79 Å². The molecule has 0 aliphatic carbocycles. The molecule has 6 nitrogen and oxygen atoms in total. The van der Waals surface area contributed by atoms with Crippen LogP contribution < -0.4 is 5.43 Å². The summed E-state index contributed by atoms with van der Waals surface area (Å²) in [6.45, 7) is 4.51. The fraction of sp³-hybridized carbons (Fsp3) is 0.526. The molecule has 0 unspecified atom stereocenters. The number of amides is 3. The molecular formula is C19H25N3O3. The maximum atomic E-state index is 12.3. The highest BCUT2D eigenvalue weighted by atomic mass is 16.2. The van der Waals surface area contributed by atoms with Crippen molar-refractivity contribution in [2.75, 3.05) is 6.54 Å². The summed E-state index contributed by atoms with van der Waals surface area (Å²) in [5.74, 6) is -0.587. The summed E-state index contributed by atoms with van der Waals surface area (Å²) in [6, 6.07) is 7.51. The number of hydrogen-bond donors (Lipinski definition) is 1. The van der Waals surface area contributed by atoms with Crippen molar-refractivity contribution in [2.24, 2.45) is 0 Å². The predicted molar refractivity (Wildman–Crippen MR) is 93.8 cm³/mol. The lowest BCUT2D eigenvalue weighted by atomic mass is 10.00. The summed E-state index contributed by atoms with van der Waals surface area (Å²) < 4.78 is 0. The Balaban J connectivity index is 1.49. The molecular weight excluding hydrogens is 318 g/mol. The molecule has 0 spiro atoms. The quantitative estimate of drug-likeness (QED) is 0.833. The van der Waals surface area contributed by atoms with Crippen molar-refractivity contribution in [3.8, 4) is 0 Å². The van der Waals surface area contributed by atoms with E-state index in [-0.39, 0.29) is 24.3 Å². The fourth-order valence-electron chi connectivity index (χ4n) is 3.68. The van der Waals surface area contributed by atoms with E-state index < -0.39 is 0 Å². The van der Waals surface area contributed by atoms with Gasteiger partial charge in [-0.2, -0.15) is 0 Å². The number of fused-ring (bicyclic) bond motifs is 1. The summed E-state index contributed by atoms with van der Waals surface area (Å²) in [6.07, 6.45) is 4.12. The molecule has 1 fully saturated rings. The number of piperidine rings is 1. The SMILES string of the molecule is C[C@@H]1CCC[C@@H](C)N1NC(=O)CCCN1C(=O)c2ccccc2C1=O. The van der Waals surface area contributed by atoms with E-state index in [1.54, 1.807) is 24.3 Å². The second kappa shape index (κ2) is 7.35. The van der Waals surface area contributed by atoms with Gasteiger partial charge >= 0.3 is 0 Å². The van der Waals surface area contributed by atoms with E-state index in [4.69, 9.17) is 0 Å². The molecule has 25 heavy (non-hydrogen) atoms. The van der Waals surface area contributed by atoms with Crippen molar-refractivity contribution in [1.29, 1.82) is 0 Å². The molecule has 1 aromatic carbocycles. The van der Waals surface area contributed by atoms with E-state index in [1.165, 1.54) is 11.3 Å². The number of hydrazine groups is 1. The molecule has 1 aromatic rings. The zero-order valence-electron chi connectivity index (χ0n) is 14.8. The first-order chi connectivity index (χ1) is 12.0. The van der Waals surface area contributed by atoms with Crippen molar-refractivity contribution in [3.63, 3.8) is 0 Å². The molecule has 1 saturated heterocycles. The highest BCUT2D eigenvalue weighted by molar-refractivity contribution is 6.21. The second-order valence-electron chi connectivity index (χ2n) is 6.98. The fourth-order valence-corrected chi connectivity index (χ4v) is 3.68. The molecule has 0 aromatic heterocycles. The Kier molecular flexibility index (Phi) is 5.18. The first-order valence-corrected chi connectivity index (χ1v) is 9.02. The number of benzene rings is 1. The van der Waals surface area contributed by atoms with E-state index in [1.807, 2.05) is 5.01 Å². The third kappa shape index (κ3) is 3.58. The predicted octanol–water partition coefficient (Wildman–Crippen LogP) is 2.36. The van der Waals surface area contributed by atoms with Crippen LogP contribution in [0.15, 0.2) is 24.3 Å². The van der Waals surface area contributed by atoms with Gasteiger partial charge in [-0.15, -0.1) is 0 Å². The minimum atomic E-state index is -0.265. The number of imide groups is 1. The van der Waals surface area contributed by atoms with Crippen molar-refractivity contribution in [3.05, 3.63) is 35.4 Å². The Morgan fingerprint density at radius 3 is 2.20 bits per heavy atom. The van der Waals surface area contributed by atoms with Crippen LogP contribution in [0.25, 0.3) is 0 Å². The van der Waals surface area contributed by atoms with Gasteiger partial charge in [0, 0.05) is 25.0 Å². The van der Waals surface area contributed by atoms with Crippen LogP contribution in [0.4, 0.5) is 0 Å². The lowest BCUT2D eigenvalue weighted by Crippen LogP contribution is -2.54. The number of nitrogens with one attached hydrogen (secondary N) is 1. The Bertz CT molecular complexity index is 643. The largest absolute Gasteiger partial charge is 0.288 e. The Labute approximate surface area is 148 Å². The maximum absolute atomic E-state index is 12.3. The molecule has 2 aliphatic heterocycles. The number of nitrogens with zero attached hydrogens (tertiary/aromatic N) is 2. The van der Waals surface area contributed by atoms with Gasteiger partial charge in [0.1, 0.15) is 0 Å². The molecule has 0 bridgehead atoms. The molecule has 134 valence electrons. The lowest BCUT2D eigenvalue weighted by Gasteiger charge is -2.38. The van der Waals surface area contributed by atoms with Gasteiger partial charge < -0.3 is 0 Å². The highest BCUT2D eigenvalue weighted by Crippen LogP contribution is 2.23. The van der Waals surface area contributed by atoms with Crippen LogP contribution in [0.3, 0.4) is 0 Å². The van der Waals surface area contributed by atoms with Gasteiger partial charge in [0.05, 0.1) is 11.1 Å². The van der Waals surface area contributed by atoms with Gasteiger partial charge in [0.2, 0.25) is 5.91 Å². The van der Waals surface area contributed by atoms with Gasteiger partial charge in [0.15, 0.2) is 0 Å². The van der Waals surface area contributed by atoms with E-state index in [2.05, 4.69) is 19.3 Å². The molecule has 3 amide bonds. The Hall–Kier alpha value is -2.21. The van der Waals surface area contributed by atoms with E-state index >= 15 is 0 Å². The number of hydrogen-bond acceptors (Lipinski definition) is 4. The molecule has 6 heteroatoms. The average molecular weight is 343 g/mol. The van der Waals surface area contributed by atoms with Crippen LogP contribution >= 0.6 is 0 Å². The van der Waals surface area contributed by atoms with Crippen LogP contribution in [0, 0.1) is 0 Å². The van der Waals surface area contributed by atoms with Crippen molar-refractivity contribution in [1.82, 2.24) is 15.3 Å². The number of carbonyl (C=O) groups excluding carboxylic acids is 3. The van der Waals surface area contributed by atoms with Gasteiger partial charge in [-0.1, -0.05) is 18.6 Å². The summed E-state index contributed by atoms with van der Waals surface area (Å²) in [5.41, 5.74) is 3.89. The second-order valence-corrected chi connectivity index (χ2v) is 6.98. The summed E-state index contributed by atoms with van der Waals surface area (Å²) in [4.78, 5) is 38.0. The van der Waals surface area contributed by atoms with Gasteiger partial charge in [-0.25, -0.2) is 5.01 Å². The van der Waals surface area contributed by atoms with Crippen LogP contribution in [-0.4, -0.2) is 46.3 Å². The van der Waals surface area contributed by atoms with Crippen molar-refractivity contribution < 1.29 is 14.4 Å². The number of carbonyl (C=O) groups is 3. The number of rotatable bonds is 5. The summed E-state index contributed by atoms with van der Waals surface area (Å²) in [5, 5.41) is 2.04. The molecule has 0 saturated carbocycles. The summed E-state index contributed by atoms with van der Waals surface area (Å²) in [7, 11) is 0. The first kappa shape index (κ1) is 17.6. The topological polar surface area (TPSA) is 69.7 Å². The highest BCUT2D eigenvalue weighted by Gasteiger charge is 2.34. The molecule has 2 aliphatic rings. The monoisotopic (exact) mass is 343 g/mol. The Morgan fingerprint density at radius 2 is 1.64 bits per heavy atom. The van der Waals surface area contributed by atoms with Crippen LogP contribution in [0.1, 0.15) is 66.7 Å². The molecule has 0 radical (unpaired) electrons. The molecule has 2 atom stereocenters. The van der Waals surface area contributed by atoms with Crippen molar-refractivity contribution >= 4 is 17.7 Å². The molecule has 2 heterocycles. The zero-order chi connectivity index (χ0) is 18.0. The first-order valence-electron chi connectivity index (χ1n) is 9.02. The lowest BCUT2D eigenvalue weighted by molar-refractivity contribution is -0.129. The van der Waals surface area contributed by atoms with E-state index in [0.29, 0.717) is 36.1 Å². The molecule has 1 N–H and O–H groups in total. The zero-order valence-corrected chi connectivity index (χ0v) is 14.8. The third-order valence-electron chi connectivity index (χ3n) is 5.11. The minimum absolute atomic E-state index is 0.0581. The normalized spacial score (nSPS) is 23.7. The van der Waals surface area contributed by atoms with Crippen LogP contribution in [0.5, 0.6) is 0 Å². The Morgan fingerprint density at radius 1 is 1.08 bits per heavy atom. The van der Waals surface area contributed by atoms with Gasteiger partial charge in [0.25, 0.3) is 11.8 Å².